The number of carbonyl (C=O) groups excluding carboxylic acids is 2. The Labute approximate surface area is 176 Å². The summed E-state index contributed by atoms with van der Waals surface area (Å²) in [7, 11) is 0. The van der Waals surface area contributed by atoms with E-state index in [-0.39, 0.29) is 11.7 Å². The molecule has 1 N–H and O–H groups in total. The lowest BCUT2D eigenvalue weighted by molar-refractivity contribution is -0.111. The van der Waals surface area contributed by atoms with Crippen LogP contribution in [0.4, 0.5) is 5.69 Å². The third-order valence-corrected chi connectivity index (χ3v) is 5.27. The number of ketones is 1. The Kier molecular flexibility index (Phi) is 6.11. The van der Waals surface area contributed by atoms with Gasteiger partial charge in [-0.3, -0.25) is 9.59 Å². The summed E-state index contributed by atoms with van der Waals surface area (Å²) in [6, 6.07) is 8.86. The van der Waals surface area contributed by atoms with E-state index in [2.05, 4.69) is 5.32 Å². The van der Waals surface area contributed by atoms with Crippen molar-refractivity contribution >= 4 is 33.9 Å². The molecule has 0 saturated heterocycles. The van der Waals surface area contributed by atoms with Crippen LogP contribution in [-0.4, -0.2) is 18.3 Å². The molecule has 3 aromatic rings. The van der Waals surface area contributed by atoms with Crippen LogP contribution in [0, 0.1) is 20.8 Å². The highest BCUT2D eigenvalue weighted by atomic mass is 16.5. The first-order valence-corrected chi connectivity index (χ1v) is 9.99. The van der Waals surface area contributed by atoms with E-state index in [1.54, 1.807) is 30.3 Å². The summed E-state index contributed by atoms with van der Waals surface area (Å²) in [6.45, 7) is 11.8. The zero-order chi connectivity index (χ0) is 22.0. The summed E-state index contributed by atoms with van der Waals surface area (Å²) in [6.07, 6.45) is 1.56. The zero-order valence-electron chi connectivity index (χ0n) is 18.3. The predicted octanol–water partition coefficient (Wildman–Crippen LogP) is 6.00. The van der Waals surface area contributed by atoms with E-state index in [4.69, 9.17) is 9.15 Å². The van der Waals surface area contributed by atoms with Crippen molar-refractivity contribution in [1.82, 2.24) is 0 Å². The minimum atomic E-state index is -0.247. The summed E-state index contributed by atoms with van der Waals surface area (Å²) >= 11 is 0. The number of benzene rings is 2. The Morgan fingerprint density at radius 3 is 2.33 bits per heavy atom. The van der Waals surface area contributed by atoms with Crippen molar-refractivity contribution in [2.24, 2.45) is 0 Å². The second-order valence-corrected chi connectivity index (χ2v) is 7.42. The molecule has 1 aromatic heterocycles. The van der Waals surface area contributed by atoms with Crippen LogP contribution in [0.3, 0.4) is 0 Å². The molecule has 0 saturated carbocycles. The Hall–Kier alpha value is -3.34. The van der Waals surface area contributed by atoms with Crippen LogP contribution in [0.15, 0.2) is 40.8 Å². The van der Waals surface area contributed by atoms with Crippen molar-refractivity contribution in [3.63, 3.8) is 0 Å². The first kappa shape index (κ1) is 21.4. The number of carbonyl (C=O) groups is 2. The molecule has 156 valence electrons. The fourth-order valence-corrected chi connectivity index (χ4v) is 3.48. The zero-order valence-corrected chi connectivity index (χ0v) is 18.3. The molecule has 2 aromatic carbocycles. The lowest BCUT2D eigenvalue weighted by Crippen LogP contribution is -2.09. The Balaban J connectivity index is 1.95. The van der Waals surface area contributed by atoms with Crippen molar-refractivity contribution in [1.29, 1.82) is 0 Å². The molecule has 0 unspecified atom stereocenters. The van der Waals surface area contributed by atoms with Gasteiger partial charge in [-0.25, -0.2) is 0 Å². The number of Topliss-reactive ketones (excluding diaryl/α,β-unsaturated/α-hetero) is 1. The van der Waals surface area contributed by atoms with Gasteiger partial charge in [-0.15, -0.1) is 0 Å². The molecule has 0 bridgehead atoms. The first-order valence-electron chi connectivity index (χ1n) is 9.99. The third kappa shape index (κ3) is 4.15. The first-order chi connectivity index (χ1) is 14.2. The number of rotatable bonds is 6. The number of fused-ring (bicyclic) bond motifs is 1. The second-order valence-electron chi connectivity index (χ2n) is 7.42. The number of anilines is 1. The van der Waals surface area contributed by atoms with Crippen LogP contribution >= 0.6 is 0 Å². The van der Waals surface area contributed by atoms with Gasteiger partial charge in [0.2, 0.25) is 5.91 Å². The molecule has 5 nitrogen and oxygen atoms in total. The predicted molar refractivity (Wildman–Crippen MR) is 120 cm³/mol. The SMILES string of the molecule is CCOc1c(/C(C)=C/C(=O)Nc2ccc(C(C)=O)cc2)cc2c(C)c(C)oc2c1C. The van der Waals surface area contributed by atoms with Crippen LogP contribution in [0.2, 0.25) is 0 Å². The molecule has 0 radical (unpaired) electrons. The van der Waals surface area contributed by atoms with Crippen molar-refractivity contribution in [2.75, 3.05) is 11.9 Å². The fraction of sp³-hybridized carbons (Fsp3) is 0.280. The lowest BCUT2D eigenvalue weighted by atomic mass is 9.98. The average molecular weight is 405 g/mol. The topological polar surface area (TPSA) is 68.5 Å². The minimum Gasteiger partial charge on any atom is -0.493 e. The lowest BCUT2D eigenvalue weighted by Gasteiger charge is -2.14. The highest BCUT2D eigenvalue weighted by Gasteiger charge is 2.18. The molecule has 30 heavy (non-hydrogen) atoms. The van der Waals surface area contributed by atoms with E-state index in [9.17, 15) is 9.59 Å². The van der Waals surface area contributed by atoms with Crippen molar-refractivity contribution in [3.05, 3.63) is 64.4 Å². The maximum Gasteiger partial charge on any atom is 0.248 e. The second kappa shape index (κ2) is 8.57. The number of furan rings is 1. The van der Waals surface area contributed by atoms with Gasteiger partial charge in [0.1, 0.15) is 17.1 Å². The van der Waals surface area contributed by atoms with Gasteiger partial charge in [0.25, 0.3) is 0 Å². The minimum absolute atomic E-state index is 0.0115. The van der Waals surface area contributed by atoms with Gasteiger partial charge in [-0.05, 0) is 83.0 Å². The Bertz CT molecular complexity index is 1150. The summed E-state index contributed by atoms with van der Waals surface area (Å²) in [4.78, 5) is 24.0. The largest absolute Gasteiger partial charge is 0.493 e. The summed E-state index contributed by atoms with van der Waals surface area (Å²) in [5.74, 6) is 1.35. The van der Waals surface area contributed by atoms with Gasteiger partial charge in [0.05, 0.1) is 6.61 Å². The Morgan fingerprint density at radius 1 is 1.07 bits per heavy atom. The number of aryl methyl sites for hydroxylation is 3. The molecule has 0 aliphatic heterocycles. The van der Waals surface area contributed by atoms with Gasteiger partial charge in [0, 0.05) is 33.8 Å². The monoisotopic (exact) mass is 405 g/mol. The quantitative estimate of drug-likeness (QED) is 0.403. The maximum absolute atomic E-state index is 12.6. The number of allylic oxidation sites excluding steroid dienone is 1. The number of amides is 1. The summed E-state index contributed by atoms with van der Waals surface area (Å²) in [5.41, 5.74) is 5.73. The molecule has 1 amide bonds. The Morgan fingerprint density at radius 2 is 1.73 bits per heavy atom. The number of hydrogen-bond acceptors (Lipinski definition) is 4. The van der Waals surface area contributed by atoms with E-state index >= 15 is 0 Å². The highest BCUT2D eigenvalue weighted by molar-refractivity contribution is 6.05. The fourth-order valence-electron chi connectivity index (χ4n) is 3.48. The van der Waals surface area contributed by atoms with Crippen molar-refractivity contribution in [2.45, 2.75) is 41.5 Å². The van der Waals surface area contributed by atoms with Gasteiger partial charge in [-0.2, -0.15) is 0 Å². The van der Waals surface area contributed by atoms with Gasteiger partial charge in [0.15, 0.2) is 5.78 Å². The van der Waals surface area contributed by atoms with E-state index in [1.807, 2.05) is 40.7 Å². The van der Waals surface area contributed by atoms with E-state index in [0.29, 0.717) is 17.9 Å². The van der Waals surface area contributed by atoms with Crippen LogP contribution in [-0.2, 0) is 4.79 Å². The van der Waals surface area contributed by atoms with Gasteiger partial charge in [-0.1, -0.05) is 0 Å². The standard InChI is InChI=1S/C25H27NO4/c1-7-29-24-16(4)25-22(15(3)18(6)30-25)13-21(24)14(2)12-23(28)26-20-10-8-19(9-11-20)17(5)27/h8-13H,7H2,1-6H3,(H,26,28)/b14-12+. The smallest absolute Gasteiger partial charge is 0.248 e. The van der Waals surface area contributed by atoms with Crippen LogP contribution in [0.25, 0.3) is 16.5 Å². The van der Waals surface area contributed by atoms with Crippen LogP contribution < -0.4 is 10.1 Å². The molecule has 0 aliphatic rings. The normalized spacial score (nSPS) is 11.6. The van der Waals surface area contributed by atoms with Crippen LogP contribution in [0.1, 0.15) is 53.6 Å². The molecule has 0 fully saturated rings. The van der Waals surface area contributed by atoms with Gasteiger partial charge < -0.3 is 14.5 Å². The van der Waals surface area contributed by atoms with Gasteiger partial charge >= 0.3 is 0 Å². The third-order valence-electron chi connectivity index (χ3n) is 5.27. The molecule has 1 heterocycles. The molecule has 3 rings (SSSR count). The molecular weight excluding hydrogens is 378 g/mol. The molecule has 0 aliphatic carbocycles. The summed E-state index contributed by atoms with van der Waals surface area (Å²) < 4.78 is 11.9. The number of ether oxygens (including phenoxy) is 1. The highest BCUT2D eigenvalue weighted by Crippen LogP contribution is 2.38. The van der Waals surface area contributed by atoms with Crippen molar-refractivity contribution in [3.8, 4) is 5.75 Å². The average Bonchev–Trinajstić information content (AvgIpc) is 2.98. The van der Waals surface area contributed by atoms with E-state index in [0.717, 1.165) is 44.7 Å². The molecule has 5 heteroatoms. The number of nitrogens with one attached hydrogen (secondary N) is 1. The molecule has 0 atom stereocenters. The molecule has 0 spiro atoms. The number of hydrogen-bond donors (Lipinski definition) is 1. The summed E-state index contributed by atoms with van der Waals surface area (Å²) in [5, 5.41) is 3.87. The maximum atomic E-state index is 12.6. The molecular formula is C25H27NO4. The van der Waals surface area contributed by atoms with E-state index in [1.165, 1.54) is 6.92 Å². The van der Waals surface area contributed by atoms with E-state index < -0.39 is 0 Å². The van der Waals surface area contributed by atoms with Crippen LogP contribution in [0.5, 0.6) is 5.75 Å². The van der Waals surface area contributed by atoms with Crippen molar-refractivity contribution < 1.29 is 18.7 Å².